The fraction of sp³-hybridized carbons (Fsp3) is 0.458. The third-order valence-electron chi connectivity index (χ3n) is 5.62. The predicted molar refractivity (Wildman–Crippen MR) is 129 cm³/mol. The Kier molecular flexibility index (Phi) is 7.72. The van der Waals surface area contributed by atoms with Gasteiger partial charge >= 0.3 is 0 Å². The fourth-order valence-corrected chi connectivity index (χ4v) is 4.78. The van der Waals surface area contributed by atoms with Crippen LogP contribution in [-0.2, 0) is 34.0 Å². The SMILES string of the molecule is CCc1cc2c(nc1Cl)CCC(CC(C)C)C(=O)C(=NCc1ccc(S(C)(=O)=O)cc1)N2. The molecule has 8 heteroatoms. The van der Waals surface area contributed by atoms with Crippen LogP contribution >= 0.6 is 11.6 Å². The minimum atomic E-state index is -3.26. The molecular weight excluding hydrogens is 446 g/mol. The monoisotopic (exact) mass is 475 g/mol. The van der Waals surface area contributed by atoms with Crippen LogP contribution in [0, 0.1) is 11.8 Å². The number of benzene rings is 1. The first-order valence-corrected chi connectivity index (χ1v) is 13.2. The number of aromatic nitrogens is 1. The summed E-state index contributed by atoms with van der Waals surface area (Å²) < 4.78 is 23.4. The number of hydrogen-bond donors (Lipinski definition) is 1. The first-order valence-electron chi connectivity index (χ1n) is 10.9. The Hall–Kier alpha value is -2.25. The molecule has 1 aliphatic heterocycles. The Morgan fingerprint density at radius 2 is 1.94 bits per heavy atom. The van der Waals surface area contributed by atoms with Crippen molar-refractivity contribution in [3.05, 3.63) is 52.3 Å². The summed E-state index contributed by atoms with van der Waals surface area (Å²) in [5.74, 6) is 0.556. The number of nitrogens with one attached hydrogen (secondary N) is 1. The van der Waals surface area contributed by atoms with E-state index in [1.807, 2.05) is 13.0 Å². The highest BCUT2D eigenvalue weighted by atomic mass is 35.5. The Balaban J connectivity index is 1.95. The number of pyridine rings is 1. The molecule has 0 fully saturated rings. The molecule has 6 nitrogen and oxygen atoms in total. The summed E-state index contributed by atoms with van der Waals surface area (Å²) in [6.07, 6.45) is 4.07. The Morgan fingerprint density at radius 3 is 2.53 bits per heavy atom. The quantitative estimate of drug-likeness (QED) is 0.601. The highest BCUT2D eigenvalue weighted by molar-refractivity contribution is 7.90. The van der Waals surface area contributed by atoms with Crippen LogP contribution in [0.3, 0.4) is 0 Å². The highest BCUT2D eigenvalue weighted by Gasteiger charge is 2.28. The Labute approximate surface area is 195 Å². The molecule has 2 heterocycles. The first-order chi connectivity index (χ1) is 15.1. The van der Waals surface area contributed by atoms with Gasteiger partial charge in [0, 0.05) is 12.2 Å². The molecule has 1 aromatic heterocycles. The molecule has 3 rings (SSSR count). The van der Waals surface area contributed by atoms with Crippen molar-refractivity contribution >= 4 is 38.7 Å². The summed E-state index contributed by atoms with van der Waals surface area (Å²) in [6.45, 7) is 6.49. The van der Waals surface area contributed by atoms with E-state index in [4.69, 9.17) is 11.6 Å². The zero-order chi connectivity index (χ0) is 23.5. The second kappa shape index (κ2) is 10.1. The van der Waals surface area contributed by atoms with E-state index in [1.54, 1.807) is 24.3 Å². The number of Topliss-reactive ketones (excluding diaryl/α,β-unsaturated/α-hetero) is 1. The van der Waals surface area contributed by atoms with Crippen molar-refractivity contribution < 1.29 is 13.2 Å². The van der Waals surface area contributed by atoms with Gasteiger partial charge in [-0.05, 0) is 60.9 Å². The fourth-order valence-electron chi connectivity index (χ4n) is 3.86. The van der Waals surface area contributed by atoms with Crippen molar-refractivity contribution in [1.29, 1.82) is 0 Å². The molecule has 0 amide bonds. The number of fused-ring (bicyclic) bond motifs is 1. The molecule has 0 aliphatic carbocycles. The maximum Gasteiger partial charge on any atom is 0.200 e. The third-order valence-corrected chi connectivity index (χ3v) is 7.08. The minimum absolute atomic E-state index is 0.00473. The van der Waals surface area contributed by atoms with Gasteiger partial charge in [0.05, 0.1) is 22.8 Å². The van der Waals surface area contributed by atoms with Gasteiger partial charge in [-0.15, -0.1) is 0 Å². The van der Waals surface area contributed by atoms with Crippen molar-refractivity contribution in [3.63, 3.8) is 0 Å². The summed E-state index contributed by atoms with van der Waals surface area (Å²) in [5.41, 5.74) is 3.36. The first kappa shape index (κ1) is 24.4. The van der Waals surface area contributed by atoms with Crippen LogP contribution in [0.5, 0.6) is 0 Å². The van der Waals surface area contributed by atoms with Gasteiger partial charge in [0.25, 0.3) is 0 Å². The van der Waals surface area contributed by atoms with E-state index in [0.717, 1.165) is 35.3 Å². The number of carbonyl (C=O) groups excluding carboxylic acids is 1. The Morgan fingerprint density at radius 1 is 1.25 bits per heavy atom. The van der Waals surface area contributed by atoms with E-state index in [-0.39, 0.29) is 23.1 Å². The van der Waals surface area contributed by atoms with Crippen LogP contribution in [0.25, 0.3) is 0 Å². The van der Waals surface area contributed by atoms with Crippen LogP contribution in [0.1, 0.15) is 50.4 Å². The number of aryl methyl sites for hydroxylation is 2. The number of aliphatic imine (C=N–C) groups is 1. The van der Waals surface area contributed by atoms with Gasteiger partial charge in [0.15, 0.2) is 15.7 Å². The van der Waals surface area contributed by atoms with E-state index in [0.29, 0.717) is 29.7 Å². The zero-order valence-corrected chi connectivity index (χ0v) is 20.6. The lowest BCUT2D eigenvalue weighted by Gasteiger charge is -2.24. The number of rotatable bonds is 6. The number of carbonyl (C=O) groups is 1. The highest BCUT2D eigenvalue weighted by Crippen LogP contribution is 2.29. The summed E-state index contributed by atoms with van der Waals surface area (Å²) in [6, 6.07) is 8.54. The van der Waals surface area contributed by atoms with E-state index in [2.05, 4.69) is 29.1 Å². The predicted octanol–water partition coefficient (Wildman–Crippen LogP) is 4.89. The molecule has 0 saturated heterocycles. The third kappa shape index (κ3) is 5.95. The molecule has 1 aliphatic rings. The van der Waals surface area contributed by atoms with Gasteiger partial charge in [0.2, 0.25) is 5.78 Å². The molecule has 0 spiro atoms. The maximum absolute atomic E-state index is 13.4. The number of sulfone groups is 1. The van der Waals surface area contributed by atoms with Crippen molar-refractivity contribution in [2.75, 3.05) is 11.6 Å². The van der Waals surface area contributed by atoms with E-state index >= 15 is 0 Å². The second-order valence-corrected chi connectivity index (χ2v) is 11.1. The van der Waals surface area contributed by atoms with Gasteiger partial charge in [0.1, 0.15) is 5.15 Å². The smallest absolute Gasteiger partial charge is 0.200 e. The number of ketones is 1. The maximum atomic E-state index is 13.4. The summed E-state index contributed by atoms with van der Waals surface area (Å²) in [5, 5.41) is 3.75. The summed E-state index contributed by atoms with van der Waals surface area (Å²) in [4.78, 5) is 22.8. The number of nitrogens with zero attached hydrogens (tertiary/aromatic N) is 2. The van der Waals surface area contributed by atoms with E-state index < -0.39 is 9.84 Å². The molecule has 1 aromatic carbocycles. The van der Waals surface area contributed by atoms with E-state index in [1.165, 1.54) is 6.26 Å². The number of halogens is 1. The van der Waals surface area contributed by atoms with Crippen LogP contribution < -0.4 is 5.32 Å². The number of amidine groups is 1. The molecule has 1 atom stereocenters. The van der Waals surface area contributed by atoms with Crippen LogP contribution in [0.4, 0.5) is 5.69 Å². The van der Waals surface area contributed by atoms with Crippen molar-refractivity contribution in [2.45, 2.75) is 57.9 Å². The normalized spacial score (nSPS) is 18.2. The molecule has 0 bridgehead atoms. The molecule has 172 valence electrons. The zero-order valence-electron chi connectivity index (χ0n) is 19.0. The number of anilines is 1. The average Bonchev–Trinajstić information content (AvgIpc) is 2.73. The van der Waals surface area contributed by atoms with Gasteiger partial charge < -0.3 is 5.32 Å². The molecule has 0 radical (unpaired) electrons. The topological polar surface area (TPSA) is 88.5 Å². The lowest BCUT2D eigenvalue weighted by Crippen LogP contribution is -2.33. The average molecular weight is 476 g/mol. The molecule has 32 heavy (non-hydrogen) atoms. The summed E-state index contributed by atoms with van der Waals surface area (Å²) >= 11 is 6.35. The van der Waals surface area contributed by atoms with Crippen molar-refractivity contribution in [3.8, 4) is 0 Å². The Bertz CT molecular complexity index is 1130. The lowest BCUT2D eigenvalue weighted by atomic mass is 9.87. The largest absolute Gasteiger partial charge is 0.336 e. The van der Waals surface area contributed by atoms with E-state index in [9.17, 15) is 13.2 Å². The standard InChI is InChI=1S/C24H30ClN3O3S/c1-5-17-13-21-20(27-23(17)25)11-8-18(12-15(2)3)22(29)24(28-21)26-14-16-6-9-19(10-7-16)32(4,30)31/h6-7,9-10,13,15,18H,5,8,11-12,14H2,1-4H3,(H,26,28). The van der Waals surface area contributed by atoms with Gasteiger partial charge in [-0.1, -0.05) is 44.5 Å². The van der Waals surface area contributed by atoms with Crippen molar-refractivity contribution in [2.24, 2.45) is 16.8 Å². The molecule has 1 unspecified atom stereocenters. The van der Waals surface area contributed by atoms with Crippen LogP contribution in [0.2, 0.25) is 5.15 Å². The second-order valence-electron chi connectivity index (χ2n) is 8.72. The lowest BCUT2D eigenvalue weighted by molar-refractivity contribution is -0.117. The van der Waals surface area contributed by atoms with Gasteiger partial charge in [-0.2, -0.15) is 0 Å². The molecule has 0 saturated carbocycles. The van der Waals surface area contributed by atoms with Gasteiger partial charge in [-0.3, -0.25) is 9.79 Å². The van der Waals surface area contributed by atoms with Crippen LogP contribution in [0.15, 0.2) is 40.2 Å². The molecule has 1 N–H and O–H groups in total. The van der Waals surface area contributed by atoms with Crippen LogP contribution in [-0.4, -0.2) is 31.3 Å². The molecular formula is C24H30ClN3O3S. The minimum Gasteiger partial charge on any atom is -0.336 e. The van der Waals surface area contributed by atoms with Gasteiger partial charge in [-0.25, -0.2) is 13.4 Å². The summed E-state index contributed by atoms with van der Waals surface area (Å²) in [7, 11) is -3.26. The molecule has 2 aromatic rings. The number of hydrogen-bond acceptors (Lipinski definition) is 5. The van der Waals surface area contributed by atoms with Crippen molar-refractivity contribution in [1.82, 2.24) is 4.98 Å².